The van der Waals surface area contributed by atoms with Gasteiger partial charge in [0.2, 0.25) is 0 Å². The van der Waals surface area contributed by atoms with E-state index in [4.69, 9.17) is 9.15 Å². The zero-order valence-electron chi connectivity index (χ0n) is 19.1. The molecule has 2 fully saturated rings. The van der Waals surface area contributed by atoms with Crippen LogP contribution < -0.4 is 10.6 Å². The number of hydrogen-bond donors (Lipinski definition) is 2. The average molecular weight is 574 g/mol. The third-order valence-corrected chi connectivity index (χ3v) is 7.28. The first-order valence-electron chi connectivity index (χ1n) is 11.3. The Morgan fingerprint density at radius 1 is 1.03 bits per heavy atom. The molecule has 0 radical (unpaired) electrons. The highest BCUT2D eigenvalue weighted by molar-refractivity contribution is 14.0. The number of nitrogens with one attached hydrogen (secondary N) is 2. The number of halogens is 1. The molecule has 2 saturated heterocycles. The summed E-state index contributed by atoms with van der Waals surface area (Å²) in [4.78, 5) is 12.3. The SMILES string of the molecule is CN=C(NCC(c1ccco1)N1CCCC1)NCC(c1ccc(C)s1)N1CCOCC1.I. The van der Waals surface area contributed by atoms with Crippen LogP contribution in [0.5, 0.6) is 0 Å². The van der Waals surface area contributed by atoms with Crippen LogP contribution >= 0.6 is 35.3 Å². The molecule has 0 aliphatic carbocycles. The lowest BCUT2D eigenvalue weighted by atomic mass is 10.2. The Balaban J connectivity index is 0.00000289. The molecule has 2 atom stereocenters. The summed E-state index contributed by atoms with van der Waals surface area (Å²) in [5.41, 5.74) is 0. The second-order valence-electron chi connectivity index (χ2n) is 8.22. The third kappa shape index (κ3) is 6.69. The second kappa shape index (κ2) is 12.9. The summed E-state index contributed by atoms with van der Waals surface area (Å²) in [6, 6.07) is 9.07. The van der Waals surface area contributed by atoms with Crippen molar-refractivity contribution in [3.8, 4) is 0 Å². The summed E-state index contributed by atoms with van der Waals surface area (Å²) in [5, 5.41) is 7.13. The highest BCUT2D eigenvalue weighted by atomic mass is 127. The van der Waals surface area contributed by atoms with E-state index in [1.54, 1.807) is 6.26 Å². The topological polar surface area (TPSA) is 65.3 Å². The second-order valence-corrected chi connectivity index (χ2v) is 9.54. The van der Waals surface area contributed by atoms with Crippen LogP contribution in [0.3, 0.4) is 0 Å². The smallest absolute Gasteiger partial charge is 0.191 e. The molecule has 32 heavy (non-hydrogen) atoms. The Kier molecular flexibility index (Phi) is 10.3. The number of thiophene rings is 1. The highest BCUT2D eigenvalue weighted by Crippen LogP contribution is 2.28. The minimum atomic E-state index is 0. The molecule has 0 bridgehead atoms. The van der Waals surface area contributed by atoms with Crippen molar-refractivity contribution in [2.24, 2.45) is 4.99 Å². The monoisotopic (exact) mass is 573 g/mol. The van der Waals surface area contributed by atoms with E-state index in [0.717, 1.165) is 64.2 Å². The van der Waals surface area contributed by atoms with Gasteiger partial charge in [-0.15, -0.1) is 35.3 Å². The molecule has 4 rings (SSSR count). The molecule has 9 heteroatoms. The van der Waals surface area contributed by atoms with E-state index in [9.17, 15) is 0 Å². The normalized spacial score (nSPS) is 20.0. The summed E-state index contributed by atoms with van der Waals surface area (Å²) in [7, 11) is 1.84. The van der Waals surface area contributed by atoms with E-state index in [0.29, 0.717) is 6.04 Å². The first-order valence-corrected chi connectivity index (χ1v) is 12.2. The van der Waals surface area contributed by atoms with E-state index in [1.165, 1.54) is 22.6 Å². The lowest BCUT2D eigenvalue weighted by Crippen LogP contribution is -2.47. The van der Waals surface area contributed by atoms with Gasteiger partial charge in [0.25, 0.3) is 0 Å². The number of morpholine rings is 1. The highest BCUT2D eigenvalue weighted by Gasteiger charge is 2.27. The number of nitrogens with zero attached hydrogens (tertiary/aromatic N) is 3. The van der Waals surface area contributed by atoms with E-state index < -0.39 is 0 Å². The quantitative estimate of drug-likeness (QED) is 0.286. The van der Waals surface area contributed by atoms with Gasteiger partial charge in [-0.1, -0.05) is 0 Å². The zero-order chi connectivity index (χ0) is 21.5. The molecule has 178 valence electrons. The van der Waals surface area contributed by atoms with Crippen LogP contribution in [-0.4, -0.2) is 75.3 Å². The van der Waals surface area contributed by atoms with Crippen LogP contribution in [0, 0.1) is 6.92 Å². The lowest BCUT2D eigenvalue weighted by Gasteiger charge is -2.34. The number of likely N-dealkylation sites (tertiary alicyclic amines) is 1. The Morgan fingerprint density at radius 3 is 2.31 bits per heavy atom. The van der Waals surface area contributed by atoms with Crippen LogP contribution in [0.2, 0.25) is 0 Å². The number of aliphatic imine (C=N–C) groups is 1. The summed E-state index contributed by atoms with van der Waals surface area (Å²) in [5.74, 6) is 1.85. The largest absolute Gasteiger partial charge is 0.468 e. The summed E-state index contributed by atoms with van der Waals surface area (Å²) < 4.78 is 11.3. The molecular weight excluding hydrogens is 537 g/mol. The zero-order valence-corrected chi connectivity index (χ0v) is 22.2. The molecule has 0 saturated carbocycles. The van der Waals surface area contributed by atoms with Crippen molar-refractivity contribution in [2.75, 3.05) is 59.5 Å². The van der Waals surface area contributed by atoms with Crippen LogP contribution in [0.1, 0.15) is 40.4 Å². The molecule has 2 aromatic heterocycles. The van der Waals surface area contributed by atoms with Crippen molar-refractivity contribution in [2.45, 2.75) is 31.8 Å². The van der Waals surface area contributed by atoms with Crippen molar-refractivity contribution in [3.05, 3.63) is 46.0 Å². The van der Waals surface area contributed by atoms with Crippen molar-refractivity contribution < 1.29 is 9.15 Å². The van der Waals surface area contributed by atoms with Crippen molar-refractivity contribution in [1.82, 2.24) is 20.4 Å². The fourth-order valence-electron chi connectivity index (χ4n) is 4.48. The van der Waals surface area contributed by atoms with Crippen molar-refractivity contribution in [1.29, 1.82) is 0 Å². The van der Waals surface area contributed by atoms with E-state index in [2.05, 4.69) is 50.5 Å². The van der Waals surface area contributed by atoms with E-state index >= 15 is 0 Å². The van der Waals surface area contributed by atoms with Gasteiger partial charge in [-0.05, 0) is 57.1 Å². The van der Waals surface area contributed by atoms with Gasteiger partial charge in [-0.2, -0.15) is 0 Å². The molecule has 2 aromatic rings. The Morgan fingerprint density at radius 2 is 1.72 bits per heavy atom. The van der Waals surface area contributed by atoms with Gasteiger partial charge in [0, 0.05) is 43.0 Å². The standard InChI is InChI=1S/C23H35N5O2S.HI/c1-18-7-8-22(31-18)20(28-11-14-29-15-12-28)17-26-23(24-2)25-16-19(21-6-5-13-30-21)27-9-3-4-10-27;/h5-8,13,19-20H,3-4,9-12,14-17H2,1-2H3,(H2,24,25,26);1H. The van der Waals surface area contributed by atoms with Gasteiger partial charge in [0.05, 0.1) is 31.6 Å². The van der Waals surface area contributed by atoms with Crippen molar-refractivity contribution >= 4 is 41.3 Å². The van der Waals surface area contributed by atoms with E-state index in [1.807, 2.05) is 24.5 Å². The molecule has 2 aliphatic heterocycles. The first-order chi connectivity index (χ1) is 15.2. The van der Waals surface area contributed by atoms with Crippen molar-refractivity contribution in [3.63, 3.8) is 0 Å². The number of aryl methyl sites for hydroxylation is 1. The maximum Gasteiger partial charge on any atom is 0.191 e. The van der Waals surface area contributed by atoms with E-state index in [-0.39, 0.29) is 30.0 Å². The summed E-state index contributed by atoms with van der Waals surface area (Å²) in [6.07, 6.45) is 4.28. The van der Waals surface area contributed by atoms with Crippen LogP contribution in [0.25, 0.3) is 0 Å². The fraction of sp³-hybridized carbons (Fsp3) is 0.609. The Bertz CT molecular complexity index is 816. The Labute approximate surface area is 212 Å². The first kappa shape index (κ1) is 25.5. The van der Waals surface area contributed by atoms with Crippen LogP contribution in [0.4, 0.5) is 0 Å². The molecule has 4 heterocycles. The van der Waals surface area contributed by atoms with Gasteiger partial charge in [-0.25, -0.2) is 0 Å². The van der Waals surface area contributed by atoms with Gasteiger partial charge >= 0.3 is 0 Å². The maximum atomic E-state index is 5.75. The van der Waals surface area contributed by atoms with Crippen LogP contribution in [-0.2, 0) is 4.74 Å². The van der Waals surface area contributed by atoms with Crippen LogP contribution in [0.15, 0.2) is 39.9 Å². The average Bonchev–Trinajstić information content (AvgIpc) is 3.57. The predicted octanol–water partition coefficient (Wildman–Crippen LogP) is 3.64. The number of rotatable bonds is 8. The maximum absolute atomic E-state index is 5.75. The minimum Gasteiger partial charge on any atom is -0.468 e. The fourth-order valence-corrected chi connectivity index (χ4v) is 5.49. The van der Waals surface area contributed by atoms with Gasteiger partial charge in [0.1, 0.15) is 5.76 Å². The predicted molar refractivity (Wildman–Crippen MR) is 141 cm³/mol. The molecular formula is C23H36IN5O2S. The molecule has 0 aromatic carbocycles. The number of hydrogen-bond acceptors (Lipinski definition) is 6. The molecule has 7 nitrogen and oxygen atoms in total. The Hall–Kier alpha value is -1.14. The number of guanidine groups is 1. The number of furan rings is 1. The van der Waals surface area contributed by atoms with Gasteiger partial charge < -0.3 is 19.8 Å². The molecule has 2 unspecified atom stereocenters. The lowest BCUT2D eigenvalue weighted by molar-refractivity contribution is 0.0177. The molecule has 0 amide bonds. The van der Waals surface area contributed by atoms with Gasteiger partial charge in [0.15, 0.2) is 5.96 Å². The molecule has 0 spiro atoms. The molecule has 2 aliphatic rings. The van der Waals surface area contributed by atoms with Gasteiger partial charge in [-0.3, -0.25) is 14.8 Å². The third-order valence-electron chi connectivity index (χ3n) is 6.18. The summed E-state index contributed by atoms with van der Waals surface area (Å²) >= 11 is 1.88. The molecule has 2 N–H and O–H groups in total. The summed E-state index contributed by atoms with van der Waals surface area (Å²) in [6.45, 7) is 9.53. The minimum absolute atomic E-state index is 0. The number of ether oxygens (including phenoxy) is 1.